The zero-order valence-electron chi connectivity index (χ0n) is 20.0. The van der Waals surface area contributed by atoms with Crippen LogP contribution < -0.4 is 4.90 Å². The summed E-state index contributed by atoms with van der Waals surface area (Å²) in [5, 5.41) is 10.5. The van der Waals surface area contributed by atoms with Gasteiger partial charge in [0, 0.05) is 32.4 Å². The molecule has 0 unspecified atom stereocenters. The van der Waals surface area contributed by atoms with Gasteiger partial charge in [-0.15, -0.1) is 0 Å². The molecule has 0 aliphatic carbocycles. The van der Waals surface area contributed by atoms with Crippen molar-refractivity contribution in [2.45, 2.75) is 44.1 Å². The van der Waals surface area contributed by atoms with Crippen LogP contribution in [-0.2, 0) is 12.8 Å². The number of imidazole rings is 1. The highest BCUT2D eigenvalue weighted by Crippen LogP contribution is 2.44. The largest absolute Gasteiger partial charge is 0.418 e. The summed E-state index contributed by atoms with van der Waals surface area (Å²) in [6.07, 6.45) is -0.955. The lowest BCUT2D eigenvalue weighted by Crippen LogP contribution is -2.45. The average molecular weight is 489 g/mol. The Morgan fingerprint density at radius 2 is 1.69 bits per heavy atom. The predicted octanol–water partition coefficient (Wildman–Crippen LogP) is 3.89. The number of hydrogen-bond donors (Lipinski definition) is 1. The monoisotopic (exact) mass is 488 g/mol. The Labute approximate surface area is 202 Å². The molecule has 2 fully saturated rings. The normalized spacial score (nSPS) is 22.7. The Hall–Kier alpha value is -2.69. The van der Waals surface area contributed by atoms with Crippen LogP contribution >= 0.6 is 0 Å². The van der Waals surface area contributed by atoms with Gasteiger partial charge in [-0.2, -0.15) is 13.2 Å². The standard InChI is InChI=1S/C25H31F3N6O/c1-31-12-14-33(15-13-31)22-10-4-9-21-30-24(20(16-35)34(21)22)19-8-3-7-18(32(19)2)23-17(25(26,27)28)6-5-11-29-23/h4-6,9-11,18-19,35H,3,7-8,12-16H2,1-2H3/t18-,19+/m0/s1. The van der Waals surface area contributed by atoms with Crippen LogP contribution in [0.25, 0.3) is 5.65 Å². The smallest absolute Gasteiger partial charge is 0.390 e. The molecule has 2 atom stereocenters. The van der Waals surface area contributed by atoms with Crippen molar-refractivity contribution in [1.82, 2.24) is 24.2 Å². The predicted molar refractivity (Wildman–Crippen MR) is 127 cm³/mol. The second-order valence-electron chi connectivity index (χ2n) is 9.53. The molecule has 188 valence electrons. The Balaban J connectivity index is 1.54. The van der Waals surface area contributed by atoms with Crippen LogP contribution in [0.3, 0.4) is 0 Å². The summed E-state index contributed by atoms with van der Waals surface area (Å²) < 4.78 is 43.2. The number of piperidine rings is 1. The molecule has 3 aromatic rings. The third-order valence-electron chi connectivity index (χ3n) is 7.44. The minimum Gasteiger partial charge on any atom is -0.390 e. The number of alkyl halides is 3. The van der Waals surface area contributed by atoms with Crippen LogP contribution in [0.5, 0.6) is 0 Å². The Morgan fingerprint density at radius 3 is 2.37 bits per heavy atom. The first-order chi connectivity index (χ1) is 16.8. The third-order valence-corrected chi connectivity index (χ3v) is 7.44. The van der Waals surface area contributed by atoms with E-state index in [1.54, 1.807) is 0 Å². The molecule has 7 nitrogen and oxygen atoms in total. The van der Waals surface area contributed by atoms with Gasteiger partial charge in [-0.1, -0.05) is 6.07 Å². The number of fused-ring (bicyclic) bond motifs is 1. The van der Waals surface area contributed by atoms with E-state index in [0.717, 1.165) is 62.2 Å². The Bertz CT molecular complexity index is 1190. The molecule has 2 aliphatic rings. The molecule has 2 saturated heterocycles. The summed E-state index contributed by atoms with van der Waals surface area (Å²) in [5.41, 5.74) is 1.53. The second-order valence-corrected chi connectivity index (χ2v) is 9.53. The molecular formula is C25H31F3N6O. The van der Waals surface area contributed by atoms with Crippen molar-refractivity contribution in [3.8, 4) is 0 Å². The number of anilines is 1. The zero-order chi connectivity index (χ0) is 24.7. The van der Waals surface area contributed by atoms with Gasteiger partial charge in [0.25, 0.3) is 0 Å². The topological polar surface area (TPSA) is 60.1 Å². The van der Waals surface area contributed by atoms with E-state index in [1.165, 1.54) is 12.3 Å². The molecule has 2 aliphatic heterocycles. The number of aliphatic hydroxyl groups excluding tert-OH is 1. The molecule has 0 saturated carbocycles. The maximum Gasteiger partial charge on any atom is 0.418 e. The second kappa shape index (κ2) is 9.40. The number of rotatable bonds is 4. The average Bonchev–Trinajstić information content (AvgIpc) is 3.23. The molecule has 5 rings (SSSR count). The summed E-state index contributed by atoms with van der Waals surface area (Å²) in [6.45, 7) is 3.45. The molecule has 3 aromatic heterocycles. The van der Waals surface area contributed by atoms with Crippen LogP contribution in [0.2, 0.25) is 0 Å². The maximum absolute atomic E-state index is 13.7. The number of hydrogen-bond acceptors (Lipinski definition) is 6. The minimum absolute atomic E-state index is 0.0552. The fraction of sp³-hybridized carbons (Fsp3) is 0.520. The van der Waals surface area contributed by atoms with Crippen molar-refractivity contribution in [2.24, 2.45) is 0 Å². The van der Waals surface area contributed by atoms with E-state index in [1.807, 2.05) is 34.5 Å². The van der Waals surface area contributed by atoms with Gasteiger partial charge in [-0.05, 0) is 57.6 Å². The lowest BCUT2D eigenvalue weighted by molar-refractivity contribution is -0.139. The zero-order valence-corrected chi connectivity index (χ0v) is 20.0. The maximum atomic E-state index is 13.7. The van der Waals surface area contributed by atoms with Crippen molar-refractivity contribution in [3.63, 3.8) is 0 Å². The first kappa shape index (κ1) is 24.0. The lowest BCUT2D eigenvalue weighted by Gasteiger charge is -2.39. The van der Waals surface area contributed by atoms with Crippen molar-refractivity contribution >= 4 is 11.5 Å². The highest BCUT2D eigenvalue weighted by atomic mass is 19.4. The van der Waals surface area contributed by atoms with E-state index in [-0.39, 0.29) is 18.3 Å². The number of piperazine rings is 1. The van der Waals surface area contributed by atoms with Crippen molar-refractivity contribution in [1.29, 1.82) is 0 Å². The molecule has 1 N–H and O–H groups in total. The molecule has 35 heavy (non-hydrogen) atoms. The van der Waals surface area contributed by atoms with Crippen LogP contribution in [0.1, 0.15) is 54.0 Å². The van der Waals surface area contributed by atoms with Crippen molar-refractivity contribution < 1.29 is 18.3 Å². The molecule has 0 amide bonds. The highest BCUT2D eigenvalue weighted by molar-refractivity contribution is 5.55. The number of aromatic nitrogens is 3. The molecule has 5 heterocycles. The van der Waals surface area contributed by atoms with E-state index >= 15 is 0 Å². The minimum atomic E-state index is -4.46. The quantitative estimate of drug-likeness (QED) is 0.602. The molecular weight excluding hydrogens is 457 g/mol. The van der Waals surface area contributed by atoms with E-state index in [9.17, 15) is 18.3 Å². The van der Waals surface area contributed by atoms with Crippen LogP contribution in [-0.4, -0.2) is 69.5 Å². The van der Waals surface area contributed by atoms with Crippen molar-refractivity contribution in [2.75, 3.05) is 45.2 Å². The van der Waals surface area contributed by atoms with Crippen molar-refractivity contribution in [3.05, 3.63) is 59.2 Å². The summed E-state index contributed by atoms with van der Waals surface area (Å²) in [6, 6.07) is 7.66. The first-order valence-electron chi connectivity index (χ1n) is 12.1. The molecule has 0 radical (unpaired) electrons. The molecule has 0 aromatic carbocycles. The molecule has 0 bridgehead atoms. The van der Waals surface area contributed by atoms with Gasteiger partial charge < -0.3 is 14.9 Å². The number of halogens is 3. The van der Waals surface area contributed by atoms with E-state index < -0.39 is 17.8 Å². The van der Waals surface area contributed by atoms with Gasteiger partial charge in [0.15, 0.2) is 0 Å². The van der Waals surface area contributed by atoms with Gasteiger partial charge in [-0.25, -0.2) is 4.98 Å². The Kier molecular flexibility index (Phi) is 6.45. The third kappa shape index (κ3) is 4.39. The summed E-state index contributed by atoms with van der Waals surface area (Å²) in [4.78, 5) is 15.6. The van der Waals surface area contributed by atoms with Crippen LogP contribution in [0.15, 0.2) is 36.5 Å². The lowest BCUT2D eigenvalue weighted by atomic mass is 9.90. The summed E-state index contributed by atoms with van der Waals surface area (Å²) in [5.74, 6) is 0.984. The summed E-state index contributed by atoms with van der Waals surface area (Å²) >= 11 is 0. The number of likely N-dealkylation sites (N-methyl/N-ethyl adjacent to an activating group) is 1. The fourth-order valence-corrected chi connectivity index (χ4v) is 5.56. The van der Waals surface area contributed by atoms with Crippen LogP contribution in [0.4, 0.5) is 19.0 Å². The SMILES string of the molecule is CN1CCN(c2cccc3nc([C@H]4CCC[C@@H](c5ncccc5C(F)(F)F)N4C)c(CO)n23)CC1. The molecule has 0 spiro atoms. The van der Waals surface area contributed by atoms with Gasteiger partial charge in [-0.3, -0.25) is 14.3 Å². The van der Waals surface area contributed by atoms with Crippen LogP contribution in [0, 0.1) is 0 Å². The van der Waals surface area contributed by atoms with Gasteiger partial charge >= 0.3 is 6.18 Å². The number of pyridine rings is 2. The van der Waals surface area contributed by atoms with E-state index in [0.29, 0.717) is 12.1 Å². The number of nitrogens with zero attached hydrogens (tertiary/aromatic N) is 6. The number of aliphatic hydroxyl groups is 1. The molecule has 10 heteroatoms. The number of likely N-dealkylation sites (tertiary alicyclic amines) is 1. The van der Waals surface area contributed by atoms with E-state index in [2.05, 4.69) is 21.8 Å². The van der Waals surface area contributed by atoms with Gasteiger partial charge in [0.1, 0.15) is 11.5 Å². The summed E-state index contributed by atoms with van der Waals surface area (Å²) in [7, 11) is 3.95. The van der Waals surface area contributed by atoms with Gasteiger partial charge in [0.2, 0.25) is 0 Å². The highest BCUT2D eigenvalue weighted by Gasteiger charge is 2.40. The first-order valence-corrected chi connectivity index (χ1v) is 12.1. The fourth-order valence-electron chi connectivity index (χ4n) is 5.56. The van der Waals surface area contributed by atoms with Gasteiger partial charge in [0.05, 0.1) is 41.3 Å². The van der Waals surface area contributed by atoms with E-state index in [4.69, 9.17) is 4.98 Å². The Morgan fingerprint density at radius 1 is 0.971 bits per heavy atom.